The van der Waals surface area contributed by atoms with E-state index in [0.717, 1.165) is 28.0 Å². The van der Waals surface area contributed by atoms with Crippen LogP contribution in [0.5, 0.6) is 11.5 Å². The van der Waals surface area contributed by atoms with Crippen LogP contribution in [0.1, 0.15) is 5.56 Å². The number of anilines is 1. The maximum atomic E-state index is 5.36. The van der Waals surface area contributed by atoms with Crippen molar-refractivity contribution in [2.75, 3.05) is 26.1 Å². The van der Waals surface area contributed by atoms with Gasteiger partial charge in [0.2, 0.25) is 0 Å². The zero-order valence-electron chi connectivity index (χ0n) is 12.8. The van der Waals surface area contributed by atoms with Crippen molar-refractivity contribution in [1.82, 2.24) is 15.5 Å². The normalized spacial score (nSPS) is 10.0. The maximum absolute atomic E-state index is 5.36. The van der Waals surface area contributed by atoms with Crippen molar-refractivity contribution in [3.63, 3.8) is 0 Å². The number of rotatable bonds is 6. The number of nitrogens with zero attached hydrogens (tertiary/aromatic N) is 2. The van der Waals surface area contributed by atoms with Gasteiger partial charge >= 0.3 is 0 Å². The first-order valence-electron chi connectivity index (χ1n) is 6.87. The molecule has 2 rings (SSSR count). The summed E-state index contributed by atoms with van der Waals surface area (Å²) in [5.41, 5.74) is 1.04. The maximum Gasteiger partial charge on any atom is 0.172 e. The Morgan fingerprint density at radius 2 is 2.09 bits per heavy atom. The first-order chi connectivity index (χ1) is 11.1. The quantitative estimate of drug-likeness (QED) is 0.727. The van der Waals surface area contributed by atoms with Crippen LogP contribution in [0.25, 0.3) is 0 Å². The van der Waals surface area contributed by atoms with Crippen LogP contribution in [-0.4, -0.2) is 36.1 Å². The van der Waals surface area contributed by atoms with Crippen molar-refractivity contribution in [3.8, 4) is 11.5 Å². The minimum absolute atomic E-state index is 0.480. The summed E-state index contributed by atoms with van der Waals surface area (Å²) in [5, 5.41) is 14.4. The third kappa shape index (κ3) is 5.04. The van der Waals surface area contributed by atoms with E-state index in [1.54, 1.807) is 26.5 Å². The summed E-state index contributed by atoms with van der Waals surface area (Å²) in [7, 11) is 3.29. The number of benzene rings is 1. The number of hydrogen-bond donors (Lipinski definition) is 2. The molecule has 0 spiro atoms. The van der Waals surface area contributed by atoms with E-state index in [-0.39, 0.29) is 0 Å². The second-order valence-corrected chi connectivity index (χ2v) is 5.80. The summed E-state index contributed by atoms with van der Waals surface area (Å²) in [6.45, 7) is 0.646. The predicted molar refractivity (Wildman–Crippen MR) is 97.2 cm³/mol. The number of thiocarbonyl (C=S) groups is 1. The number of ether oxygens (including phenoxy) is 2. The van der Waals surface area contributed by atoms with Crippen LogP contribution in [0.2, 0.25) is 0 Å². The second kappa shape index (κ2) is 8.64. The lowest BCUT2D eigenvalue weighted by Crippen LogP contribution is -2.30. The Bertz CT molecular complexity index is 684. The highest BCUT2D eigenvalue weighted by atomic mass is 79.9. The van der Waals surface area contributed by atoms with Crippen LogP contribution in [0.15, 0.2) is 34.9 Å². The first kappa shape index (κ1) is 17.4. The molecule has 0 atom stereocenters. The summed E-state index contributed by atoms with van der Waals surface area (Å²) in [4.78, 5) is 0. The SMILES string of the molecule is COc1ccc(OC)c(CCNC(=S)Nc2nnccc2Br)c1. The summed E-state index contributed by atoms with van der Waals surface area (Å²) in [6.07, 6.45) is 2.34. The van der Waals surface area contributed by atoms with Crippen molar-refractivity contribution < 1.29 is 9.47 Å². The molecule has 1 heterocycles. The standard InChI is InChI=1S/C15H17BrN4O2S/c1-21-11-3-4-13(22-2)10(9-11)5-7-17-15(23)19-14-12(16)6-8-18-20-14/h3-4,6,8-9H,5,7H2,1-2H3,(H2,17,19,20,23). The lowest BCUT2D eigenvalue weighted by Gasteiger charge is -2.13. The van der Waals surface area contributed by atoms with Crippen LogP contribution in [-0.2, 0) is 6.42 Å². The molecule has 0 aliphatic heterocycles. The number of halogens is 1. The zero-order chi connectivity index (χ0) is 16.7. The van der Waals surface area contributed by atoms with Crippen LogP contribution in [0.3, 0.4) is 0 Å². The molecule has 1 aromatic heterocycles. The molecular formula is C15H17BrN4O2S. The van der Waals surface area contributed by atoms with E-state index in [4.69, 9.17) is 21.7 Å². The second-order valence-electron chi connectivity index (χ2n) is 4.54. The molecule has 0 saturated carbocycles. The van der Waals surface area contributed by atoms with E-state index in [9.17, 15) is 0 Å². The van der Waals surface area contributed by atoms with Crippen LogP contribution in [0.4, 0.5) is 5.82 Å². The minimum atomic E-state index is 0.480. The fourth-order valence-corrected chi connectivity index (χ4v) is 2.44. The Balaban J connectivity index is 1.89. The summed E-state index contributed by atoms with van der Waals surface area (Å²) in [6, 6.07) is 7.50. The fraction of sp³-hybridized carbons (Fsp3) is 0.267. The van der Waals surface area contributed by atoms with Crippen molar-refractivity contribution in [2.45, 2.75) is 6.42 Å². The lowest BCUT2D eigenvalue weighted by molar-refractivity contribution is 0.398. The van der Waals surface area contributed by atoms with Gasteiger partial charge in [0.05, 0.1) is 24.9 Å². The molecule has 0 saturated heterocycles. The molecule has 2 aromatic rings. The Kier molecular flexibility index (Phi) is 6.54. The highest BCUT2D eigenvalue weighted by Crippen LogP contribution is 2.24. The molecule has 6 nitrogen and oxygen atoms in total. The smallest absolute Gasteiger partial charge is 0.172 e. The van der Waals surface area contributed by atoms with Gasteiger partial charge in [-0.3, -0.25) is 0 Å². The molecule has 0 unspecified atom stereocenters. The highest BCUT2D eigenvalue weighted by molar-refractivity contribution is 9.10. The van der Waals surface area contributed by atoms with Gasteiger partial charge in [0.15, 0.2) is 10.9 Å². The van der Waals surface area contributed by atoms with Gasteiger partial charge in [0, 0.05) is 6.54 Å². The molecule has 23 heavy (non-hydrogen) atoms. The Morgan fingerprint density at radius 3 is 2.78 bits per heavy atom. The van der Waals surface area contributed by atoms with Gasteiger partial charge in [-0.25, -0.2) is 0 Å². The topological polar surface area (TPSA) is 68.3 Å². The Hall–Kier alpha value is -1.93. The van der Waals surface area contributed by atoms with Gasteiger partial charge in [0.1, 0.15) is 11.5 Å². The molecule has 2 N–H and O–H groups in total. The number of hydrogen-bond acceptors (Lipinski definition) is 5. The summed E-state index contributed by atoms with van der Waals surface area (Å²) in [5.74, 6) is 2.19. The average Bonchev–Trinajstić information content (AvgIpc) is 2.57. The summed E-state index contributed by atoms with van der Waals surface area (Å²) < 4.78 is 11.4. The molecule has 0 radical (unpaired) electrons. The van der Waals surface area contributed by atoms with Gasteiger partial charge in [-0.1, -0.05) is 0 Å². The van der Waals surface area contributed by atoms with Crippen molar-refractivity contribution in [3.05, 3.63) is 40.5 Å². The molecule has 122 valence electrons. The number of aromatic nitrogens is 2. The minimum Gasteiger partial charge on any atom is -0.497 e. The first-order valence-corrected chi connectivity index (χ1v) is 8.07. The summed E-state index contributed by atoms with van der Waals surface area (Å²) >= 11 is 8.64. The molecule has 0 aliphatic rings. The molecule has 0 aliphatic carbocycles. The molecule has 0 fully saturated rings. The number of nitrogens with one attached hydrogen (secondary N) is 2. The lowest BCUT2D eigenvalue weighted by atomic mass is 10.1. The van der Waals surface area contributed by atoms with Crippen LogP contribution in [0, 0.1) is 0 Å². The molecule has 0 amide bonds. The van der Waals surface area contributed by atoms with Crippen molar-refractivity contribution >= 4 is 39.1 Å². The zero-order valence-corrected chi connectivity index (χ0v) is 15.2. The van der Waals surface area contributed by atoms with E-state index in [2.05, 4.69) is 36.8 Å². The van der Waals surface area contributed by atoms with Crippen molar-refractivity contribution in [1.29, 1.82) is 0 Å². The molecule has 1 aromatic carbocycles. The van der Waals surface area contributed by atoms with Gasteiger partial charge in [-0.2, -0.15) is 5.10 Å². The molecular weight excluding hydrogens is 380 g/mol. The van der Waals surface area contributed by atoms with E-state index in [0.29, 0.717) is 17.5 Å². The monoisotopic (exact) mass is 396 g/mol. The number of methoxy groups -OCH3 is 2. The van der Waals surface area contributed by atoms with E-state index < -0.39 is 0 Å². The van der Waals surface area contributed by atoms with Gasteiger partial charge in [-0.05, 0) is 64.4 Å². The van der Waals surface area contributed by atoms with Gasteiger partial charge in [0.25, 0.3) is 0 Å². The predicted octanol–water partition coefficient (Wildman–Crippen LogP) is 2.79. The Labute approximate surface area is 148 Å². The fourth-order valence-electron chi connectivity index (χ4n) is 1.94. The van der Waals surface area contributed by atoms with E-state index >= 15 is 0 Å². The largest absolute Gasteiger partial charge is 0.497 e. The average molecular weight is 397 g/mol. The highest BCUT2D eigenvalue weighted by Gasteiger charge is 2.07. The Morgan fingerprint density at radius 1 is 1.26 bits per heavy atom. The van der Waals surface area contributed by atoms with Crippen LogP contribution >= 0.6 is 28.1 Å². The van der Waals surface area contributed by atoms with Gasteiger partial charge in [-0.15, -0.1) is 5.10 Å². The molecule has 0 bridgehead atoms. The van der Waals surface area contributed by atoms with Crippen molar-refractivity contribution in [2.24, 2.45) is 0 Å². The third-order valence-electron chi connectivity index (χ3n) is 3.07. The van der Waals surface area contributed by atoms with E-state index in [1.807, 2.05) is 18.2 Å². The van der Waals surface area contributed by atoms with Gasteiger partial charge < -0.3 is 20.1 Å². The van der Waals surface area contributed by atoms with Crippen LogP contribution < -0.4 is 20.1 Å². The van der Waals surface area contributed by atoms with E-state index in [1.165, 1.54) is 0 Å². The molecule has 8 heteroatoms. The third-order valence-corrected chi connectivity index (χ3v) is 3.96.